The molecule has 0 spiro atoms. The largest absolute Gasteiger partial charge is 0.393 e. The number of benzene rings is 2. The lowest BCUT2D eigenvalue weighted by Gasteiger charge is -2.21. The van der Waals surface area contributed by atoms with Gasteiger partial charge in [-0.3, -0.25) is 4.79 Å². The lowest BCUT2D eigenvalue weighted by molar-refractivity contribution is -0.122. The normalized spacial score (nSPS) is 14.1. The molecular weight excluding hydrogens is 324 g/mol. The maximum Gasteiger partial charge on any atom is 0.241 e. The summed E-state index contributed by atoms with van der Waals surface area (Å²) in [5.74, 6) is -0.147. The van der Waals surface area contributed by atoms with Crippen LogP contribution in [0, 0.1) is 0 Å². The van der Waals surface area contributed by atoms with E-state index in [1.54, 1.807) is 6.92 Å². The van der Waals surface area contributed by atoms with E-state index in [4.69, 9.17) is 5.73 Å². The summed E-state index contributed by atoms with van der Waals surface area (Å²) in [6.07, 6.45) is 0.158. The van der Waals surface area contributed by atoms with Crippen molar-refractivity contribution in [2.75, 3.05) is 6.54 Å². The Morgan fingerprint density at radius 3 is 2.04 bits per heavy atom. The van der Waals surface area contributed by atoms with Gasteiger partial charge in [-0.15, -0.1) is 12.4 Å². The third kappa shape index (κ3) is 5.96. The summed E-state index contributed by atoms with van der Waals surface area (Å²) in [6, 6.07) is 18.5. The Labute approximate surface area is 149 Å². The van der Waals surface area contributed by atoms with Gasteiger partial charge in [-0.1, -0.05) is 60.7 Å². The number of hydrogen-bond acceptors (Lipinski definition) is 3. The van der Waals surface area contributed by atoms with Crippen LogP contribution < -0.4 is 11.1 Å². The molecule has 0 aliphatic rings. The summed E-state index contributed by atoms with van der Waals surface area (Å²) in [5, 5.41) is 12.6. The van der Waals surface area contributed by atoms with E-state index in [0.717, 1.165) is 11.1 Å². The number of halogens is 1. The molecule has 0 saturated carbocycles. The Bertz CT molecular complexity index is 605. The first kappa shape index (κ1) is 20.2. The van der Waals surface area contributed by atoms with Crippen LogP contribution in [0.25, 0.3) is 0 Å². The molecule has 0 heterocycles. The number of carbonyl (C=O) groups excluding carboxylic acids is 1. The minimum atomic E-state index is -0.681. The van der Waals surface area contributed by atoms with E-state index in [-0.39, 0.29) is 24.2 Å². The first-order valence-corrected chi connectivity index (χ1v) is 7.89. The zero-order valence-corrected chi connectivity index (χ0v) is 14.6. The molecule has 130 valence electrons. The summed E-state index contributed by atoms with van der Waals surface area (Å²) in [6.45, 7) is 2.21. The molecule has 2 rings (SSSR count). The SMILES string of the molecule is CC(O)CC(CNC(=O)C(N)c1ccccc1)c1ccccc1.Cl. The molecule has 0 aromatic heterocycles. The van der Waals surface area contributed by atoms with Crippen molar-refractivity contribution in [2.45, 2.75) is 31.4 Å². The van der Waals surface area contributed by atoms with Crippen LogP contribution >= 0.6 is 12.4 Å². The predicted octanol–water partition coefficient (Wildman–Crippen LogP) is 2.78. The van der Waals surface area contributed by atoms with Crippen molar-refractivity contribution in [1.29, 1.82) is 0 Å². The van der Waals surface area contributed by atoms with Crippen LogP contribution in [-0.4, -0.2) is 23.7 Å². The molecule has 0 aliphatic heterocycles. The zero-order valence-electron chi connectivity index (χ0n) is 13.8. The summed E-state index contributed by atoms with van der Waals surface area (Å²) in [5.41, 5.74) is 7.89. The fraction of sp³-hybridized carbons (Fsp3) is 0.316. The summed E-state index contributed by atoms with van der Waals surface area (Å²) >= 11 is 0. The Kier molecular flexibility index (Phi) is 8.47. The number of aliphatic hydroxyl groups excluding tert-OH is 1. The first-order valence-electron chi connectivity index (χ1n) is 7.89. The van der Waals surface area contributed by atoms with Gasteiger partial charge in [0, 0.05) is 12.5 Å². The predicted molar refractivity (Wildman–Crippen MR) is 99.1 cm³/mol. The molecule has 0 radical (unpaired) electrons. The number of nitrogens with two attached hydrogens (primary N) is 1. The first-order chi connectivity index (χ1) is 11.1. The fourth-order valence-corrected chi connectivity index (χ4v) is 2.62. The molecule has 2 aromatic rings. The van der Waals surface area contributed by atoms with Crippen LogP contribution in [0.5, 0.6) is 0 Å². The smallest absolute Gasteiger partial charge is 0.241 e. The lowest BCUT2D eigenvalue weighted by Crippen LogP contribution is -2.37. The van der Waals surface area contributed by atoms with Gasteiger partial charge >= 0.3 is 0 Å². The molecule has 0 aliphatic carbocycles. The number of carbonyl (C=O) groups is 1. The molecular formula is C19H25ClN2O2. The molecule has 4 nitrogen and oxygen atoms in total. The van der Waals surface area contributed by atoms with Gasteiger partial charge in [-0.25, -0.2) is 0 Å². The molecule has 3 unspecified atom stereocenters. The van der Waals surface area contributed by atoms with Crippen molar-refractivity contribution in [2.24, 2.45) is 5.73 Å². The molecule has 4 N–H and O–H groups in total. The van der Waals surface area contributed by atoms with Crippen LogP contribution in [0.15, 0.2) is 60.7 Å². The number of rotatable bonds is 7. The van der Waals surface area contributed by atoms with E-state index in [9.17, 15) is 9.90 Å². The summed E-state index contributed by atoms with van der Waals surface area (Å²) in [7, 11) is 0. The topological polar surface area (TPSA) is 75.3 Å². The van der Waals surface area contributed by atoms with Gasteiger partial charge in [0.25, 0.3) is 0 Å². The van der Waals surface area contributed by atoms with E-state index in [1.165, 1.54) is 0 Å². The Morgan fingerprint density at radius 1 is 1.04 bits per heavy atom. The second-order valence-electron chi connectivity index (χ2n) is 5.83. The molecule has 0 saturated heterocycles. The van der Waals surface area contributed by atoms with Gasteiger partial charge < -0.3 is 16.2 Å². The number of aliphatic hydroxyl groups is 1. The van der Waals surface area contributed by atoms with Gasteiger partial charge in [0.05, 0.1) is 6.10 Å². The second-order valence-corrected chi connectivity index (χ2v) is 5.83. The third-order valence-electron chi connectivity index (χ3n) is 3.86. The maximum absolute atomic E-state index is 12.3. The highest BCUT2D eigenvalue weighted by molar-refractivity contribution is 5.85. The van der Waals surface area contributed by atoms with E-state index >= 15 is 0 Å². The maximum atomic E-state index is 12.3. The molecule has 3 atom stereocenters. The average Bonchev–Trinajstić information content (AvgIpc) is 2.59. The molecule has 2 aromatic carbocycles. The van der Waals surface area contributed by atoms with Crippen LogP contribution in [0.3, 0.4) is 0 Å². The minimum Gasteiger partial charge on any atom is -0.393 e. The van der Waals surface area contributed by atoms with Gasteiger partial charge in [0.15, 0.2) is 0 Å². The van der Waals surface area contributed by atoms with E-state index < -0.39 is 12.1 Å². The number of amides is 1. The number of nitrogens with one attached hydrogen (secondary N) is 1. The standard InChI is InChI=1S/C19H24N2O2.ClH/c1-14(22)12-17(15-8-4-2-5-9-15)13-21-19(23)18(20)16-10-6-3-7-11-16;/h2-11,14,17-18,22H,12-13,20H2,1H3,(H,21,23);1H. The molecule has 5 heteroatoms. The molecule has 24 heavy (non-hydrogen) atoms. The zero-order chi connectivity index (χ0) is 16.7. The lowest BCUT2D eigenvalue weighted by atomic mass is 9.93. The van der Waals surface area contributed by atoms with Crippen molar-refractivity contribution in [3.05, 3.63) is 71.8 Å². The van der Waals surface area contributed by atoms with Gasteiger partial charge in [-0.2, -0.15) is 0 Å². The van der Waals surface area contributed by atoms with E-state index in [1.807, 2.05) is 60.7 Å². The van der Waals surface area contributed by atoms with Crippen LogP contribution in [0.2, 0.25) is 0 Å². The van der Waals surface area contributed by atoms with Gasteiger partial charge in [0.2, 0.25) is 5.91 Å². The summed E-state index contributed by atoms with van der Waals surface area (Å²) < 4.78 is 0. The van der Waals surface area contributed by atoms with Gasteiger partial charge in [-0.05, 0) is 24.5 Å². The average molecular weight is 349 g/mol. The van der Waals surface area contributed by atoms with Crippen molar-refractivity contribution in [1.82, 2.24) is 5.32 Å². The quantitative estimate of drug-likeness (QED) is 0.720. The van der Waals surface area contributed by atoms with Gasteiger partial charge in [0.1, 0.15) is 6.04 Å². The van der Waals surface area contributed by atoms with E-state index in [2.05, 4.69) is 5.32 Å². The number of hydrogen-bond donors (Lipinski definition) is 3. The van der Waals surface area contributed by atoms with Crippen LogP contribution in [-0.2, 0) is 4.79 Å². The highest BCUT2D eigenvalue weighted by Gasteiger charge is 2.19. The van der Waals surface area contributed by atoms with Crippen molar-refractivity contribution >= 4 is 18.3 Å². The highest BCUT2D eigenvalue weighted by Crippen LogP contribution is 2.21. The Morgan fingerprint density at radius 2 is 1.54 bits per heavy atom. The van der Waals surface area contributed by atoms with Crippen LogP contribution in [0.1, 0.15) is 36.4 Å². The second kappa shape index (κ2) is 10.1. The molecule has 0 fully saturated rings. The van der Waals surface area contributed by atoms with Crippen molar-refractivity contribution < 1.29 is 9.90 Å². The molecule has 0 bridgehead atoms. The minimum absolute atomic E-state index is 0. The fourth-order valence-electron chi connectivity index (χ4n) is 2.62. The third-order valence-corrected chi connectivity index (χ3v) is 3.86. The summed E-state index contributed by atoms with van der Waals surface area (Å²) in [4.78, 5) is 12.3. The van der Waals surface area contributed by atoms with Crippen molar-refractivity contribution in [3.8, 4) is 0 Å². The Balaban J connectivity index is 0.00000288. The Hall–Kier alpha value is -1.88. The highest BCUT2D eigenvalue weighted by atomic mass is 35.5. The monoisotopic (exact) mass is 348 g/mol. The van der Waals surface area contributed by atoms with Crippen LogP contribution in [0.4, 0.5) is 0 Å². The van der Waals surface area contributed by atoms with E-state index in [0.29, 0.717) is 13.0 Å². The molecule has 1 amide bonds. The van der Waals surface area contributed by atoms with Crippen molar-refractivity contribution in [3.63, 3.8) is 0 Å².